The molecule has 11 heavy (non-hydrogen) atoms. The molecule has 0 spiro atoms. The first kappa shape index (κ1) is 7.10. The van der Waals surface area contributed by atoms with Crippen molar-refractivity contribution >= 4 is 5.91 Å². The number of amides is 1. The average molecular weight is 154 g/mol. The third-order valence-corrected chi connectivity index (χ3v) is 2.41. The molecule has 2 fully saturated rings. The molecule has 0 unspecified atom stereocenters. The molecule has 0 radical (unpaired) electrons. The standard InChI is InChI=1S/C8H14N2O/c1-5-4-9-7(6-2-3-6)8(11)10-5/h5-7,9H,2-4H2,1H3,(H,10,11)/t5-,7+/m1/s1. The van der Waals surface area contributed by atoms with Crippen LogP contribution in [0.3, 0.4) is 0 Å². The van der Waals surface area contributed by atoms with Gasteiger partial charge < -0.3 is 10.6 Å². The molecule has 62 valence electrons. The smallest absolute Gasteiger partial charge is 0.237 e. The van der Waals surface area contributed by atoms with E-state index in [-0.39, 0.29) is 11.9 Å². The van der Waals surface area contributed by atoms with Gasteiger partial charge in [-0.15, -0.1) is 0 Å². The Labute approximate surface area is 66.5 Å². The van der Waals surface area contributed by atoms with Gasteiger partial charge in [0.05, 0.1) is 6.04 Å². The summed E-state index contributed by atoms with van der Waals surface area (Å²) in [5.41, 5.74) is 0. The van der Waals surface area contributed by atoms with Crippen LogP contribution in [0.5, 0.6) is 0 Å². The normalized spacial score (nSPS) is 38.5. The molecule has 1 aliphatic heterocycles. The van der Waals surface area contributed by atoms with Gasteiger partial charge in [0, 0.05) is 12.6 Å². The number of carbonyl (C=O) groups is 1. The molecule has 2 N–H and O–H groups in total. The quantitative estimate of drug-likeness (QED) is 0.552. The molecule has 1 aliphatic carbocycles. The van der Waals surface area contributed by atoms with Crippen LogP contribution in [0.15, 0.2) is 0 Å². The van der Waals surface area contributed by atoms with Crippen LogP contribution in [0.4, 0.5) is 0 Å². The molecule has 2 rings (SSSR count). The van der Waals surface area contributed by atoms with Crippen LogP contribution in [0.1, 0.15) is 19.8 Å². The second-order valence-electron chi connectivity index (χ2n) is 3.63. The predicted octanol–water partition coefficient (Wildman–Crippen LogP) is -0.127. The summed E-state index contributed by atoms with van der Waals surface area (Å²) in [6, 6.07) is 0.420. The van der Waals surface area contributed by atoms with Crippen LogP contribution in [-0.2, 0) is 4.79 Å². The summed E-state index contributed by atoms with van der Waals surface area (Å²) in [5.74, 6) is 0.828. The highest BCUT2D eigenvalue weighted by Crippen LogP contribution is 2.33. The highest BCUT2D eigenvalue weighted by Gasteiger charge is 2.38. The van der Waals surface area contributed by atoms with E-state index >= 15 is 0 Å². The van der Waals surface area contributed by atoms with Crippen molar-refractivity contribution in [2.45, 2.75) is 31.8 Å². The summed E-state index contributed by atoms with van der Waals surface area (Å²) in [5, 5.41) is 6.22. The van der Waals surface area contributed by atoms with E-state index in [0.717, 1.165) is 6.54 Å². The van der Waals surface area contributed by atoms with Crippen LogP contribution < -0.4 is 10.6 Å². The van der Waals surface area contributed by atoms with Crippen LogP contribution in [0, 0.1) is 5.92 Å². The zero-order valence-electron chi connectivity index (χ0n) is 6.76. The lowest BCUT2D eigenvalue weighted by atomic mass is 10.1. The number of rotatable bonds is 1. The molecule has 1 saturated heterocycles. The fourth-order valence-corrected chi connectivity index (χ4v) is 1.59. The summed E-state index contributed by atoms with van der Waals surface area (Å²) in [4.78, 5) is 11.3. The first-order valence-corrected chi connectivity index (χ1v) is 4.31. The Hall–Kier alpha value is -0.570. The lowest BCUT2D eigenvalue weighted by Crippen LogP contribution is -2.58. The maximum Gasteiger partial charge on any atom is 0.237 e. The molecule has 3 heteroatoms. The van der Waals surface area contributed by atoms with E-state index < -0.39 is 0 Å². The predicted molar refractivity (Wildman–Crippen MR) is 42.1 cm³/mol. The van der Waals surface area contributed by atoms with Gasteiger partial charge in [-0.2, -0.15) is 0 Å². The van der Waals surface area contributed by atoms with Crippen molar-refractivity contribution in [1.29, 1.82) is 0 Å². The molecule has 0 aromatic rings. The van der Waals surface area contributed by atoms with Gasteiger partial charge in [-0.05, 0) is 25.7 Å². The van der Waals surface area contributed by atoms with Gasteiger partial charge in [0.2, 0.25) is 5.91 Å². The van der Waals surface area contributed by atoms with Gasteiger partial charge in [0.15, 0.2) is 0 Å². The van der Waals surface area contributed by atoms with Crippen molar-refractivity contribution in [3.8, 4) is 0 Å². The summed E-state index contributed by atoms with van der Waals surface area (Å²) < 4.78 is 0. The third-order valence-electron chi connectivity index (χ3n) is 2.41. The van der Waals surface area contributed by atoms with Gasteiger partial charge in [-0.1, -0.05) is 0 Å². The number of nitrogens with one attached hydrogen (secondary N) is 2. The summed E-state index contributed by atoms with van der Waals surface area (Å²) in [6.45, 7) is 2.95. The minimum Gasteiger partial charge on any atom is -0.351 e. The molecule has 0 aromatic heterocycles. The van der Waals surface area contributed by atoms with Gasteiger partial charge in [-0.25, -0.2) is 0 Å². The van der Waals surface area contributed by atoms with Crippen LogP contribution in [0.2, 0.25) is 0 Å². The molecular weight excluding hydrogens is 140 g/mol. The van der Waals surface area contributed by atoms with E-state index in [1.54, 1.807) is 0 Å². The molecule has 0 aromatic carbocycles. The van der Waals surface area contributed by atoms with Crippen LogP contribution >= 0.6 is 0 Å². The molecule has 2 aliphatic rings. The van der Waals surface area contributed by atoms with Crippen molar-refractivity contribution in [3.63, 3.8) is 0 Å². The average Bonchev–Trinajstić information content (AvgIpc) is 2.70. The Bertz CT molecular complexity index is 177. The number of hydrogen-bond donors (Lipinski definition) is 2. The Morgan fingerprint density at radius 1 is 1.45 bits per heavy atom. The Morgan fingerprint density at radius 3 is 2.73 bits per heavy atom. The Morgan fingerprint density at radius 2 is 2.18 bits per heavy atom. The maximum absolute atomic E-state index is 11.3. The van der Waals surface area contributed by atoms with E-state index in [2.05, 4.69) is 10.6 Å². The van der Waals surface area contributed by atoms with Gasteiger partial charge >= 0.3 is 0 Å². The highest BCUT2D eigenvalue weighted by molar-refractivity contribution is 5.83. The topological polar surface area (TPSA) is 41.1 Å². The maximum atomic E-state index is 11.3. The van der Waals surface area contributed by atoms with E-state index in [0.29, 0.717) is 12.0 Å². The molecule has 1 amide bonds. The summed E-state index contributed by atoms with van der Waals surface area (Å²) >= 11 is 0. The Kier molecular flexibility index (Phi) is 1.60. The van der Waals surface area contributed by atoms with Crippen LogP contribution in [-0.4, -0.2) is 24.5 Å². The van der Waals surface area contributed by atoms with Gasteiger partial charge in [0.25, 0.3) is 0 Å². The lowest BCUT2D eigenvalue weighted by molar-refractivity contribution is -0.125. The van der Waals surface area contributed by atoms with Gasteiger partial charge in [0.1, 0.15) is 0 Å². The minimum atomic E-state index is 0.117. The molecule has 1 heterocycles. The lowest BCUT2D eigenvalue weighted by Gasteiger charge is -2.28. The molecular formula is C8H14N2O. The molecule has 1 saturated carbocycles. The zero-order valence-corrected chi connectivity index (χ0v) is 6.76. The highest BCUT2D eigenvalue weighted by atomic mass is 16.2. The monoisotopic (exact) mass is 154 g/mol. The number of carbonyl (C=O) groups excluding carboxylic acids is 1. The molecule has 3 nitrogen and oxygen atoms in total. The van der Waals surface area contributed by atoms with Crippen LogP contribution in [0.25, 0.3) is 0 Å². The second kappa shape index (κ2) is 2.48. The van der Waals surface area contributed by atoms with E-state index in [1.807, 2.05) is 6.92 Å². The summed E-state index contributed by atoms with van der Waals surface area (Å²) in [6.07, 6.45) is 2.44. The number of hydrogen-bond acceptors (Lipinski definition) is 2. The largest absolute Gasteiger partial charge is 0.351 e. The van der Waals surface area contributed by atoms with Crippen molar-refractivity contribution in [2.75, 3.05) is 6.54 Å². The first-order chi connectivity index (χ1) is 5.27. The van der Waals surface area contributed by atoms with Crippen molar-refractivity contribution < 1.29 is 4.79 Å². The minimum absolute atomic E-state index is 0.117. The third kappa shape index (κ3) is 1.38. The molecule has 2 atom stereocenters. The fraction of sp³-hybridized carbons (Fsp3) is 0.875. The van der Waals surface area contributed by atoms with Crippen molar-refractivity contribution in [1.82, 2.24) is 10.6 Å². The summed E-state index contributed by atoms with van der Waals surface area (Å²) in [7, 11) is 0. The van der Waals surface area contributed by atoms with Gasteiger partial charge in [-0.3, -0.25) is 4.79 Å². The zero-order chi connectivity index (χ0) is 7.84. The fourth-order valence-electron chi connectivity index (χ4n) is 1.59. The Balaban J connectivity index is 1.95. The molecule has 0 bridgehead atoms. The second-order valence-corrected chi connectivity index (χ2v) is 3.63. The van der Waals surface area contributed by atoms with Crippen molar-refractivity contribution in [3.05, 3.63) is 0 Å². The van der Waals surface area contributed by atoms with E-state index in [9.17, 15) is 4.79 Å². The van der Waals surface area contributed by atoms with E-state index in [1.165, 1.54) is 12.8 Å². The van der Waals surface area contributed by atoms with E-state index in [4.69, 9.17) is 0 Å². The number of piperazine rings is 1. The first-order valence-electron chi connectivity index (χ1n) is 4.31. The van der Waals surface area contributed by atoms with Crippen molar-refractivity contribution in [2.24, 2.45) is 5.92 Å². The SMILES string of the molecule is C[C@@H]1CN[C@@H](C2CC2)C(=O)N1.